The number of carbonyl (C=O) groups excluding carboxylic acids is 2. The van der Waals surface area contributed by atoms with Crippen molar-refractivity contribution < 1.29 is 26.6 Å². The van der Waals surface area contributed by atoms with E-state index in [2.05, 4.69) is 20.7 Å². The molecule has 1 fully saturated rings. The third-order valence-corrected chi connectivity index (χ3v) is 4.93. The van der Waals surface area contributed by atoms with Crippen LogP contribution in [0.5, 0.6) is 0 Å². The number of hydrogen-bond donors (Lipinski definition) is 0. The van der Waals surface area contributed by atoms with E-state index in [-0.39, 0.29) is 12.1 Å². The van der Waals surface area contributed by atoms with Crippen molar-refractivity contribution in [3.8, 4) is 0 Å². The quantitative estimate of drug-likeness (QED) is 0.588. The molecule has 1 amide bonds. The average Bonchev–Trinajstić information content (AvgIpc) is 2.80. The highest BCUT2D eigenvalue weighted by Crippen LogP contribution is 2.29. The minimum Gasteiger partial charge on any atom is -0.465 e. The molecule has 0 bridgehead atoms. The highest BCUT2D eigenvalue weighted by atomic mass is 79.9. The van der Waals surface area contributed by atoms with Crippen LogP contribution in [-0.2, 0) is 19.8 Å². The molecule has 0 radical (unpaired) electrons. The number of hydrogen-bond acceptors (Lipinski definition) is 5. The normalized spacial score (nSPS) is 18.9. The summed E-state index contributed by atoms with van der Waals surface area (Å²) in [6.45, 7) is -0.248. The second-order valence-electron chi connectivity index (χ2n) is 4.46. The van der Waals surface area contributed by atoms with Gasteiger partial charge in [0.2, 0.25) is 5.91 Å². The number of amides is 1. The molecule has 1 aliphatic heterocycles. The van der Waals surface area contributed by atoms with Gasteiger partial charge in [0.25, 0.3) is 0 Å². The highest BCUT2D eigenvalue weighted by molar-refractivity contribution is 9.10. The number of nitrogens with zero attached hydrogens (tertiary/aromatic N) is 1. The molecule has 1 aromatic rings. The van der Waals surface area contributed by atoms with E-state index >= 15 is 0 Å². The molecular weight excluding hydrogens is 369 g/mol. The summed E-state index contributed by atoms with van der Waals surface area (Å²) in [5.41, 5.74) is 0.647. The van der Waals surface area contributed by atoms with Crippen molar-refractivity contribution in [2.75, 3.05) is 18.6 Å². The van der Waals surface area contributed by atoms with E-state index in [4.69, 9.17) is 0 Å². The molecule has 0 saturated carbocycles. The van der Waals surface area contributed by atoms with E-state index in [0.29, 0.717) is 10.2 Å². The minimum atomic E-state index is -4.76. The summed E-state index contributed by atoms with van der Waals surface area (Å²) in [6.07, 6.45) is -0.394. The van der Waals surface area contributed by atoms with Crippen LogP contribution in [0.4, 0.5) is 9.57 Å². The van der Waals surface area contributed by atoms with Gasteiger partial charge in [-0.15, -0.1) is 3.89 Å². The summed E-state index contributed by atoms with van der Waals surface area (Å²) >= 11 is 3.18. The second kappa shape index (κ2) is 5.72. The maximum absolute atomic E-state index is 13.0. The van der Waals surface area contributed by atoms with Crippen LogP contribution in [0.1, 0.15) is 16.8 Å². The standard InChI is InChI=1S/C12H11BrFNO5S/c1-20-12(17)9-3-2-7(4-10(9)13)15-6-8(5-11(15)16)21(14,18)19/h2-4,8H,5-6H2,1H3. The number of methoxy groups -OCH3 is 1. The lowest BCUT2D eigenvalue weighted by Crippen LogP contribution is -2.27. The first-order valence-electron chi connectivity index (χ1n) is 5.85. The Labute approximate surface area is 129 Å². The molecule has 1 atom stereocenters. The van der Waals surface area contributed by atoms with Crippen LogP contribution in [0, 0.1) is 0 Å². The summed E-state index contributed by atoms with van der Waals surface area (Å²) in [7, 11) is -3.52. The third kappa shape index (κ3) is 3.24. The Balaban J connectivity index is 2.30. The highest BCUT2D eigenvalue weighted by Gasteiger charge is 2.39. The number of anilines is 1. The van der Waals surface area contributed by atoms with E-state index < -0.39 is 33.8 Å². The molecule has 1 aromatic carbocycles. The maximum atomic E-state index is 13.0. The summed E-state index contributed by atoms with van der Waals surface area (Å²) < 4.78 is 39.7. The number of carbonyl (C=O) groups is 2. The van der Waals surface area contributed by atoms with Crippen molar-refractivity contribution in [2.45, 2.75) is 11.7 Å². The van der Waals surface area contributed by atoms with Gasteiger partial charge in [0, 0.05) is 23.1 Å². The SMILES string of the molecule is COC(=O)c1ccc(N2CC(S(=O)(=O)F)CC2=O)cc1Br. The number of benzene rings is 1. The topological polar surface area (TPSA) is 80.8 Å². The number of halogens is 2. The van der Waals surface area contributed by atoms with Gasteiger partial charge in [0.05, 0.1) is 12.7 Å². The molecule has 1 heterocycles. The molecule has 114 valence electrons. The van der Waals surface area contributed by atoms with Crippen molar-refractivity contribution in [3.63, 3.8) is 0 Å². The maximum Gasteiger partial charge on any atom is 0.339 e. The zero-order valence-electron chi connectivity index (χ0n) is 10.9. The average molecular weight is 380 g/mol. The fourth-order valence-corrected chi connectivity index (χ4v) is 3.26. The molecule has 21 heavy (non-hydrogen) atoms. The van der Waals surface area contributed by atoms with Crippen LogP contribution in [0.3, 0.4) is 0 Å². The Bertz CT molecular complexity index is 706. The van der Waals surface area contributed by atoms with Gasteiger partial charge in [-0.1, -0.05) is 0 Å². The Morgan fingerprint density at radius 1 is 1.48 bits per heavy atom. The van der Waals surface area contributed by atoms with Crippen molar-refractivity contribution in [1.29, 1.82) is 0 Å². The van der Waals surface area contributed by atoms with Crippen molar-refractivity contribution >= 4 is 43.7 Å². The predicted octanol–water partition coefficient (Wildman–Crippen LogP) is 1.64. The summed E-state index contributed by atoms with van der Waals surface area (Å²) in [5.74, 6) is -1.04. The summed E-state index contributed by atoms with van der Waals surface area (Å²) in [6, 6.07) is 4.40. The molecule has 6 nitrogen and oxygen atoms in total. The van der Waals surface area contributed by atoms with Gasteiger partial charge in [-0.25, -0.2) is 4.79 Å². The monoisotopic (exact) mass is 379 g/mol. The molecule has 1 aliphatic rings. The van der Waals surface area contributed by atoms with Crippen LogP contribution in [0.25, 0.3) is 0 Å². The van der Waals surface area contributed by atoms with E-state index in [9.17, 15) is 21.9 Å². The number of ether oxygens (including phenoxy) is 1. The molecule has 0 spiro atoms. The predicted molar refractivity (Wildman–Crippen MR) is 76.3 cm³/mol. The van der Waals surface area contributed by atoms with Crippen molar-refractivity contribution in [1.82, 2.24) is 0 Å². The molecule has 9 heteroatoms. The van der Waals surface area contributed by atoms with E-state index in [1.54, 1.807) is 0 Å². The largest absolute Gasteiger partial charge is 0.465 e. The van der Waals surface area contributed by atoms with Crippen molar-refractivity contribution in [2.24, 2.45) is 0 Å². The Morgan fingerprint density at radius 2 is 2.14 bits per heavy atom. The fraction of sp³-hybridized carbons (Fsp3) is 0.333. The summed E-state index contributed by atoms with van der Waals surface area (Å²) in [4.78, 5) is 24.4. The molecule has 0 aliphatic carbocycles. The van der Waals surface area contributed by atoms with Gasteiger partial charge in [-0.05, 0) is 34.1 Å². The van der Waals surface area contributed by atoms with Gasteiger partial charge in [-0.3, -0.25) is 4.79 Å². The van der Waals surface area contributed by atoms with Gasteiger partial charge < -0.3 is 9.64 Å². The first-order chi connectivity index (χ1) is 9.74. The molecule has 0 aromatic heterocycles. The molecule has 1 saturated heterocycles. The third-order valence-electron chi connectivity index (χ3n) is 3.16. The van der Waals surface area contributed by atoms with Gasteiger partial charge in [0.1, 0.15) is 5.25 Å². The fourth-order valence-electron chi connectivity index (χ4n) is 2.06. The van der Waals surface area contributed by atoms with Crippen LogP contribution in [0.15, 0.2) is 22.7 Å². The lowest BCUT2D eigenvalue weighted by Gasteiger charge is -2.17. The Kier molecular flexibility index (Phi) is 4.33. The zero-order chi connectivity index (χ0) is 15.8. The molecular formula is C12H11BrFNO5S. The van der Waals surface area contributed by atoms with Gasteiger partial charge in [0.15, 0.2) is 0 Å². The first-order valence-corrected chi connectivity index (χ1v) is 8.09. The number of rotatable bonds is 3. The first kappa shape index (κ1) is 15.9. The molecule has 0 N–H and O–H groups in total. The zero-order valence-corrected chi connectivity index (χ0v) is 13.3. The lowest BCUT2D eigenvalue weighted by molar-refractivity contribution is -0.117. The van der Waals surface area contributed by atoms with E-state index in [1.807, 2.05) is 0 Å². The minimum absolute atomic E-state index is 0.248. The number of esters is 1. The van der Waals surface area contributed by atoms with Crippen LogP contribution < -0.4 is 4.90 Å². The summed E-state index contributed by atoms with van der Waals surface area (Å²) in [5, 5.41) is -1.36. The van der Waals surface area contributed by atoms with E-state index in [1.165, 1.54) is 30.2 Å². The molecule has 1 unspecified atom stereocenters. The van der Waals surface area contributed by atoms with Gasteiger partial charge >= 0.3 is 16.2 Å². The van der Waals surface area contributed by atoms with Crippen LogP contribution in [0.2, 0.25) is 0 Å². The van der Waals surface area contributed by atoms with Crippen LogP contribution >= 0.6 is 15.9 Å². The Hall–Kier alpha value is -1.48. The molecule has 2 rings (SSSR count). The van der Waals surface area contributed by atoms with Crippen LogP contribution in [-0.4, -0.2) is 39.2 Å². The lowest BCUT2D eigenvalue weighted by atomic mass is 10.2. The van der Waals surface area contributed by atoms with Gasteiger partial charge in [-0.2, -0.15) is 8.42 Å². The van der Waals surface area contributed by atoms with Crippen molar-refractivity contribution in [3.05, 3.63) is 28.2 Å². The Morgan fingerprint density at radius 3 is 2.62 bits per heavy atom. The van der Waals surface area contributed by atoms with E-state index in [0.717, 1.165) is 0 Å². The second-order valence-corrected chi connectivity index (χ2v) is 6.93. The smallest absolute Gasteiger partial charge is 0.339 e.